The third-order valence-corrected chi connectivity index (χ3v) is 4.55. The Bertz CT molecular complexity index is 1050. The summed E-state index contributed by atoms with van der Waals surface area (Å²) in [6.07, 6.45) is 0. The molecule has 0 radical (unpaired) electrons. The number of ether oxygens (including phenoxy) is 1. The number of carbonyl (C=O) groups excluding carboxylic acids is 1. The predicted molar refractivity (Wildman–Crippen MR) is 99.0 cm³/mol. The van der Waals surface area contributed by atoms with Crippen LogP contribution in [0.2, 0.25) is 5.02 Å². The van der Waals surface area contributed by atoms with Crippen molar-refractivity contribution in [3.05, 3.63) is 83.4 Å². The smallest absolute Gasteiger partial charge is 0.345 e. The molecule has 0 aliphatic carbocycles. The number of fused-ring (bicyclic) bond motifs is 2. The Morgan fingerprint density at radius 2 is 1.35 bits per heavy atom. The molecule has 0 aliphatic heterocycles. The van der Waals surface area contributed by atoms with Crippen molar-refractivity contribution >= 4 is 39.4 Å². The Labute approximate surface area is 173 Å². The van der Waals surface area contributed by atoms with Gasteiger partial charge in [-0.1, -0.05) is 35.9 Å². The van der Waals surface area contributed by atoms with Crippen LogP contribution in [-0.2, 0) is 7.05 Å². The maximum absolute atomic E-state index is 13.0. The molecule has 0 amide bonds. The van der Waals surface area contributed by atoms with Crippen molar-refractivity contribution < 1.29 is 38.1 Å². The van der Waals surface area contributed by atoms with Gasteiger partial charge < -0.3 is 28.7 Å². The zero-order valence-electron chi connectivity index (χ0n) is 13.9. The van der Waals surface area contributed by atoms with E-state index in [2.05, 4.69) is 4.57 Å². The third-order valence-electron chi connectivity index (χ3n) is 4.30. The van der Waals surface area contributed by atoms with E-state index in [1.165, 1.54) is 0 Å². The molecule has 130 valence electrons. The Morgan fingerprint density at radius 3 is 1.88 bits per heavy atom. The maximum Gasteiger partial charge on any atom is 0.345 e. The van der Waals surface area contributed by atoms with Gasteiger partial charge in [0.25, 0.3) is 0 Å². The molecule has 3 nitrogen and oxygen atoms in total. The minimum Gasteiger partial charge on any atom is -1.00 e. The number of hydrogen-bond donors (Lipinski definition) is 0. The summed E-state index contributed by atoms with van der Waals surface area (Å²) in [5.74, 6) is 0.0890. The minimum absolute atomic E-state index is 0. The fourth-order valence-corrected chi connectivity index (χ4v) is 3.24. The van der Waals surface area contributed by atoms with Gasteiger partial charge in [0, 0.05) is 17.2 Å². The van der Waals surface area contributed by atoms with Crippen LogP contribution >= 0.6 is 11.6 Å². The van der Waals surface area contributed by atoms with Crippen LogP contribution in [-0.4, -0.2) is 5.97 Å². The molecule has 0 spiro atoms. The fourth-order valence-electron chi connectivity index (χ4n) is 3.11. The molecule has 26 heavy (non-hydrogen) atoms. The normalized spacial score (nSPS) is 10.5. The molecule has 0 saturated carbocycles. The first-order valence-corrected chi connectivity index (χ1v) is 8.30. The highest BCUT2D eigenvalue weighted by Crippen LogP contribution is 2.26. The van der Waals surface area contributed by atoms with E-state index in [1.807, 2.05) is 55.6 Å². The molecule has 1 aromatic heterocycles. The van der Waals surface area contributed by atoms with E-state index in [9.17, 15) is 4.79 Å². The van der Waals surface area contributed by atoms with Crippen LogP contribution in [0, 0.1) is 0 Å². The lowest BCUT2D eigenvalue weighted by Crippen LogP contribution is -3.00. The summed E-state index contributed by atoms with van der Waals surface area (Å²) >= 11 is 5.90. The van der Waals surface area contributed by atoms with Gasteiger partial charge in [0.15, 0.2) is 0 Å². The Kier molecular flexibility index (Phi) is 5.44. The first-order chi connectivity index (χ1) is 12.1. The summed E-state index contributed by atoms with van der Waals surface area (Å²) in [5.41, 5.74) is 2.52. The van der Waals surface area contributed by atoms with E-state index >= 15 is 0 Å². The summed E-state index contributed by atoms with van der Waals surface area (Å²) in [6, 6.07) is 22.4. The number of carbonyl (C=O) groups is 1. The second-order valence-corrected chi connectivity index (χ2v) is 6.25. The van der Waals surface area contributed by atoms with Crippen molar-refractivity contribution in [3.8, 4) is 5.75 Å². The standard InChI is InChI=1S/C21H15ClNO2.HI/c1-23-18-8-4-2-6-16(18)20(17-7-3-5-9-19(17)23)21(24)25-15-12-10-14(22)11-13-15;/h2-13H,1H3;1H/q+1;/p-1. The van der Waals surface area contributed by atoms with Gasteiger partial charge in [0.2, 0.25) is 11.0 Å². The topological polar surface area (TPSA) is 30.2 Å². The predicted octanol–water partition coefficient (Wildman–Crippen LogP) is 1.69. The van der Waals surface area contributed by atoms with Crippen LogP contribution in [0.5, 0.6) is 5.75 Å². The Hall–Kier alpha value is -2.18. The average Bonchev–Trinajstić information content (AvgIpc) is 2.64. The Morgan fingerprint density at radius 1 is 0.846 bits per heavy atom. The Balaban J connectivity index is 0.00000196. The maximum atomic E-state index is 13.0. The number of nitrogens with zero attached hydrogens (tertiary/aromatic N) is 1. The van der Waals surface area contributed by atoms with Crippen LogP contribution < -0.4 is 33.3 Å². The number of rotatable bonds is 2. The second kappa shape index (κ2) is 7.60. The van der Waals surface area contributed by atoms with Gasteiger partial charge in [-0.05, 0) is 36.4 Å². The van der Waals surface area contributed by atoms with E-state index in [0.717, 1.165) is 21.8 Å². The van der Waals surface area contributed by atoms with Gasteiger partial charge in [-0.15, -0.1) is 0 Å². The SMILES string of the molecule is C[n+]1c2ccccc2c(C(=O)Oc2ccc(Cl)cc2)c2ccccc21.[I-]. The van der Waals surface area contributed by atoms with Gasteiger partial charge in [0.1, 0.15) is 12.8 Å². The molecular formula is C21H15ClINO2. The van der Waals surface area contributed by atoms with E-state index in [-0.39, 0.29) is 29.9 Å². The average molecular weight is 476 g/mol. The molecular weight excluding hydrogens is 461 g/mol. The zero-order chi connectivity index (χ0) is 17.4. The van der Waals surface area contributed by atoms with Gasteiger partial charge >= 0.3 is 5.97 Å². The van der Waals surface area contributed by atoms with Crippen LogP contribution in [0.4, 0.5) is 0 Å². The third kappa shape index (κ3) is 3.27. The number of aryl methyl sites for hydroxylation is 1. The second-order valence-electron chi connectivity index (χ2n) is 5.81. The first-order valence-electron chi connectivity index (χ1n) is 7.92. The highest BCUT2D eigenvalue weighted by molar-refractivity contribution is 6.30. The minimum atomic E-state index is -0.379. The van der Waals surface area contributed by atoms with Crippen molar-refractivity contribution in [2.75, 3.05) is 0 Å². The number of halogens is 2. The molecule has 0 unspecified atom stereocenters. The number of benzene rings is 3. The van der Waals surface area contributed by atoms with Crippen molar-refractivity contribution in [2.45, 2.75) is 0 Å². The summed E-state index contributed by atoms with van der Waals surface area (Å²) in [6.45, 7) is 0. The molecule has 0 atom stereocenters. The number of pyridine rings is 1. The summed E-state index contributed by atoms with van der Waals surface area (Å²) in [4.78, 5) is 13.0. The van der Waals surface area contributed by atoms with E-state index in [0.29, 0.717) is 16.3 Å². The zero-order valence-corrected chi connectivity index (χ0v) is 16.9. The molecule has 0 saturated heterocycles. The van der Waals surface area contributed by atoms with Crippen molar-refractivity contribution in [1.29, 1.82) is 0 Å². The molecule has 0 bridgehead atoms. The molecule has 4 rings (SSSR count). The van der Waals surface area contributed by atoms with Crippen molar-refractivity contribution in [2.24, 2.45) is 7.05 Å². The lowest BCUT2D eigenvalue weighted by atomic mass is 10.0. The quantitative estimate of drug-likeness (QED) is 0.145. The number of aromatic nitrogens is 1. The summed E-state index contributed by atoms with van der Waals surface area (Å²) in [5, 5.41) is 2.33. The summed E-state index contributed by atoms with van der Waals surface area (Å²) in [7, 11) is 2.00. The van der Waals surface area contributed by atoms with Gasteiger partial charge in [-0.25, -0.2) is 4.79 Å². The molecule has 0 fully saturated rings. The van der Waals surface area contributed by atoms with Crippen LogP contribution in [0.25, 0.3) is 21.8 Å². The molecule has 1 heterocycles. The highest BCUT2D eigenvalue weighted by Gasteiger charge is 2.23. The van der Waals surface area contributed by atoms with Crippen LogP contribution in [0.3, 0.4) is 0 Å². The molecule has 5 heteroatoms. The highest BCUT2D eigenvalue weighted by atomic mass is 127. The van der Waals surface area contributed by atoms with Gasteiger partial charge in [-0.3, -0.25) is 0 Å². The largest absolute Gasteiger partial charge is 1.00 e. The van der Waals surface area contributed by atoms with E-state index in [1.54, 1.807) is 24.3 Å². The van der Waals surface area contributed by atoms with Crippen LogP contribution in [0.1, 0.15) is 10.4 Å². The molecule has 0 N–H and O–H groups in total. The molecule has 0 aliphatic rings. The number of esters is 1. The lowest BCUT2D eigenvalue weighted by Gasteiger charge is -2.10. The fraction of sp³-hybridized carbons (Fsp3) is 0.0476. The monoisotopic (exact) mass is 475 g/mol. The number of para-hydroxylation sites is 2. The van der Waals surface area contributed by atoms with Crippen LogP contribution in [0.15, 0.2) is 72.8 Å². The summed E-state index contributed by atoms with van der Waals surface area (Å²) < 4.78 is 7.69. The van der Waals surface area contributed by atoms with E-state index in [4.69, 9.17) is 16.3 Å². The molecule has 4 aromatic rings. The van der Waals surface area contributed by atoms with Crippen molar-refractivity contribution in [1.82, 2.24) is 0 Å². The molecule has 3 aromatic carbocycles. The van der Waals surface area contributed by atoms with E-state index < -0.39 is 0 Å². The first kappa shape index (κ1) is 18.6. The lowest BCUT2D eigenvalue weighted by molar-refractivity contribution is -0.617. The van der Waals surface area contributed by atoms with Gasteiger partial charge in [-0.2, -0.15) is 4.57 Å². The number of hydrogen-bond acceptors (Lipinski definition) is 2. The van der Waals surface area contributed by atoms with Gasteiger partial charge in [0.05, 0.1) is 16.3 Å². The van der Waals surface area contributed by atoms with Crippen molar-refractivity contribution in [3.63, 3.8) is 0 Å².